The van der Waals surface area contributed by atoms with E-state index < -0.39 is 5.97 Å². The molecule has 0 unspecified atom stereocenters. The first-order valence-electron chi connectivity index (χ1n) is 5.76. The number of hydrogen-bond donors (Lipinski definition) is 1. The lowest BCUT2D eigenvalue weighted by molar-refractivity contribution is -0.130. The Bertz CT molecular complexity index is 741. The summed E-state index contributed by atoms with van der Waals surface area (Å²) in [5.74, 6) is -0.985. The van der Waals surface area contributed by atoms with E-state index in [2.05, 4.69) is 34.6 Å². The second-order valence-corrected chi connectivity index (χ2v) is 7.32. The summed E-state index contributed by atoms with van der Waals surface area (Å²) >= 11 is 6.83. The van der Waals surface area contributed by atoms with E-state index in [4.69, 9.17) is 5.11 Å². The number of fused-ring (bicyclic) bond motifs is 2. The van der Waals surface area contributed by atoms with Crippen molar-refractivity contribution in [2.45, 2.75) is 19.6 Å². The van der Waals surface area contributed by atoms with E-state index in [1.807, 2.05) is 24.3 Å². The molecule has 1 aliphatic rings. The second kappa shape index (κ2) is 5.31. The molecular weight excluding hydrogens is 356 g/mol. The molecule has 1 heterocycles. The number of carbonyl (C=O) groups is 1. The van der Waals surface area contributed by atoms with Gasteiger partial charge in [-0.1, -0.05) is 52.1 Å². The Balaban J connectivity index is 2.01. The Hall–Kier alpha value is -1.17. The third-order valence-corrected chi connectivity index (χ3v) is 5.91. The molecule has 100 valence electrons. The van der Waals surface area contributed by atoms with Crippen molar-refractivity contribution in [2.24, 2.45) is 0 Å². The minimum Gasteiger partial charge on any atom is -0.478 e. The van der Waals surface area contributed by atoms with Crippen LogP contribution in [0.3, 0.4) is 0 Å². The Kier molecular flexibility index (Phi) is 3.67. The maximum Gasteiger partial charge on any atom is 0.335 e. The third-order valence-electron chi connectivity index (χ3n) is 2.90. The summed E-state index contributed by atoms with van der Waals surface area (Å²) < 4.78 is 1.04. The maximum atomic E-state index is 11.0. The number of carboxylic acid groups (broad SMARTS) is 1. The van der Waals surface area contributed by atoms with E-state index in [-0.39, 0.29) is 5.57 Å². The second-order valence-electron chi connectivity index (χ2n) is 4.24. The molecule has 3 rings (SSSR count). The van der Waals surface area contributed by atoms with Crippen molar-refractivity contribution in [1.29, 1.82) is 0 Å². The number of carboxylic acids is 1. The zero-order chi connectivity index (χ0) is 14.3. The Morgan fingerprint density at radius 3 is 2.30 bits per heavy atom. The normalized spacial score (nSPS) is 12.4. The quantitative estimate of drug-likeness (QED) is 0.637. The molecule has 2 aromatic rings. The number of aliphatic carboxylic acids is 1. The highest BCUT2D eigenvalue weighted by Crippen LogP contribution is 2.49. The molecule has 0 saturated carbocycles. The SMILES string of the molecule is C=C(C(=O)O)c1ccc2c(c1)Sc1cc(Br)ccc1S2. The fourth-order valence-electron chi connectivity index (χ4n) is 1.87. The molecule has 1 N–H and O–H groups in total. The van der Waals surface area contributed by atoms with Crippen LogP contribution in [0.2, 0.25) is 0 Å². The van der Waals surface area contributed by atoms with Gasteiger partial charge in [0, 0.05) is 24.1 Å². The van der Waals surface area contributed by atoms with Gasteiger partial charge >= 0.3 is 5.97 Å². The van der Waals surface area contributed by atoms with Gasteiger partial charge < -0.3 is 5.11 Å². The van der Waals surface area contributed by atoms with Gasteiger partial charge in [-0.3, -0.25) is 0 Å². The Labute approximate surface area is 133 Å². The third kappa shape index (κ3) is 2.53. The molecule has 0 fully saturated rings. The Morgan fingerprint density at radius 1 is 1.00 bits per heavy atom. The van der Waals surface area contributed by atoms with Crippen molar-refractivity contribution in [3.8, 4) is 0 Å². The highest BCUT2D eigenvalue weighted by atomic mass is 79.9. The van der Waals surface area contributed by atoms with Gasteiger partial charge in [-0.25, -0.2) is 4.79 Å². The zero-order valence-electron chi connectivity index (χ0n) is 10.2. The molecule has 0 amide bonds. The summed E-state index contributed by atoms with van der Waals surface area (Å²) in [7, 11) is 0. The van der Waals surface area contributed by atoms with Crippen LogP contribution in [0.15, 0.2) is 67.0 Å². The van der Waals surface area contributed by atoms with E-state index >= 15 is 0 Å². The van der Waals surface area contributed by atoms with Crippen LogP contribution < -0.4 is 0 Å². The molecule has 5 heteroatoms. The zero-order valence-corrected chi connectivity index (χ0v) is 13.4. The lowest BCUT2D eigenvalue weighted by Crippen LogP contribution is -1.99. The molecule has 0 aliphatic carbocycles. The van der Waals surface area contributed by atoms with Crippen molar-refractivity contribution in [3.05, 3.63) is 53.0 Å². The van der Waals surface area contributed by atoms with Gasteiger partial charge in [-0.2, -0.15) is 0 Å². The molecule has 0 atom stereocenters. The molecular formula is C15H9BrO2S2. The van der Waals surface area contributed by atoms with Gasteiger partial charge in [0.05, 0.1) is 5.57 Å². The molecule has 0 bridgehead atoms. The van der Waals surface area contributed by atoms with Crippen LogP contribution in [0.25, 0.3) is 5.57 Å². The summed E-state index contributed by atoms with van der Waals surface area (Å²) in [5.41, 5.74) is 0.779. The average Bonchev–Trinajstić information content (AvgIpc) is 2.43. The number of hydrogen-bond acceptors (Lipinski definition) is 3. The van der Waals surface area contributed by atoms with Crippen LogP contribution >= 0.6 is 39.5 Å². The molecule has 20 heavy (non-hydrogen) atoms. The number of benzene rings is 2. The first-order chi connectivity index (χ1) is 9.54. The number of rotatable bonds is 2. The van der Waals surface area contributed by atoms with E-state index in [0.717, 1.165) is 14.3 Å². The van der Waals surface area contributed by atoms with Crippen molar-refractivity contribution in [3.63, 3.8) is 0 Å². The maximum absolute atomic E-state index is 11.0. The van der Waals surface area contributed by atoms with Gasteiger partial charge in [-0.05, 0) is 35.9 Å². The van der Waals surface area contributed by atoms with Crippen LogP contribution in [0.5, 0.6) is 0 Å². The van der Waals surface area contributed by atoms with Crippen LogP contribution in [0.1, 0.15) is 5.56 Å². The monoisotopic (exact) mass is 364 g/mol. The van der Waals surface area contributed by atoms with E-state index in [9.17, 15) is 4.79 Å². The summed E-state index contributed by atoms with van der Waals surface area (Å²) in [6.45, 7) is 3.61. The fourth-order valence-corrected chi connectivity index (χ4v) is 4.65. The molecule has 2 aromatic carbocycles. The van der Waals surface area contributed by atoms with Crippen LogP contribution in [0.4, 0.5) is 0 Å². The van der Waals surface area contributed by atoms with Crippen LogP contribution in [-0.4, -0.2) is 11.1 Å². The summed E-state index contributed by atoms with van der Waals surface area (Å²) in [5, 5.41) is 9.02. The summed E-state index contributed by atoms with van der Waals surface area (Å²) in [6.07, 6.45) is 0. The molecule has 0 radical (unpaired) electrons. The first-order valence-corrected chi connectivity index (χ1v) is 8.19. The molecule has 2 nitrogen and oxygen atoms in total. The predicted molar refractivity (Wildman–Crippen MR) is 85.5 cm³/mol. The lowest BCUT2D eigenvalue weighted by atomic mass is 10.1. The molecule has 1 aliphatic heterocycles. The smallest absolute Gasteiger partial charge is 0.335 e. The van der Waals surface area contributed by atoms with Crippen molar-refractivity contribution >= 4 is 51.0 Å². The van der Waals surface area contributed by atoms with Crippen LogP contribution in [0, 0.1) is 0 Å². The highest BCUT2D eigenvalue weighted by molar-refractivity contribution is 9.10. The summed E-state index contributed by atoms with van der Waals surface area (Å²) in [6, 6.07) is 11.9. The summed E-state index contributed by atoms with van der Waals surface area (Å²) in [4.78, 5) is 15.6. The molecule has 0 aromatic heterocycles. The van der Waals surface area contributed by atoms with Crippen molar-refractivity contribution in [1.82, 2.24) is 0 Å². The fraction of sp³-hybridized carbons (Fsp3) is 0. The molecule has 0 saturated heterocycles. The average molecular weight is 365 g/mol. The first kappa shape index (κ1) is 13.8. The van der Waals surface area contributed by atoms with Crippen molar-refractivity contribution < 1.29 is 9.90 Å². The van der Waals surface area contributed by atoms with Gasteiger partial charge in [0.15, 0.2) is 0 Å². The topological polar surface area (TPSA) is 37.3 Å². The predicted octanol–water partition coefficient (Wildman–Crippen LogP) is 5.16. The van der Waals surface area contributed by atoms with Gasteiger partial charge in [0.25, 0.3) is 0 Å². The minimum absolute atomic E-state index is 0.124. The van der Waals surface area contributed by atoms with Gasteiger partial charge in [0.1, 0.15) is 0 Å². The lowest BCUT2D eigenvalue weighted by Gasteiger charge is -2.19. The Morgan fingerprint density at radius 2 is 1.60 bits per heavy atom. The van der Waals surface area contributed by atoms with E-state index in [0.29, 0.717) is 5.56 Å². The van der Waals surface area contributed by atoms with E-state index in [1.54, 1.807) is 23.5 Å². The van der Waals surface area contributed by atoms with Crippen molar-refractivity contribution in [2.75, 3.05) is 0 Å². The van der Waals surface area contributed by atoms with Gasteiger partial charge in [-0.15, -0.1) is 0 Å². The number of halogens is 1. The highest BCUT2D eigenvalue weighted by Gasteiger charge is 2.19. The van der Waals surface area contributed by atoms with Gasteiger partial charge in [0.2, 0.25) is 0 Å². The largest absolute Gasteiger partial charge is 0.478 e. The molecule has 0 spiro atoms. The standard InChI is InChI=1S/C15H9BrO2S2/c1-8(15(17)18)9-2-4-11-13(6-9)20-14-7-10(16)3-5-12(14)19-11/h2-7H,1H2,(H,17,18). The minimum atomic E-state index is -0.985. The van der Waals surface area contributed by atoms with Crippen LogP contribution in [-0.2, 0) is 4.79 Å². The van der Waals surface area contributed by atoms with E-state index in [1.165, 1.54) is 9.79 Å².